The van der Waals surface area contributed by atoms with Crippen molar-refractivity contribution >= 4 is 21.7 Å². The molecule has 0 spiro atoms. The van der Waals surface area contributed by atoms with Crippen LogP contribution in [-0.4, -0.2) is 20.2 Å². The third kappa shape index (κ3) is 5.07. The predicted molar refractivity (Wildman–Crippen MR) is 98.1 cm³/mol. The maximum absolute atomic E-state index is 12.3. The smallest absolute Gasteiger partial charge is 0.305 e. The molecule has 1 aromatic carbocycles. The molecule has 0 saturated carbocycles. The van der Waals surface area contributed by atoms with Crippen molar-refractivity contribution in [1.29, 1.82) is 0 Å². The van der Waals surface area contributed by atoms with E-state index in [0.29, 0.717) is 6.42 Å². The minimum absolute atomic E-state index is 0.0747. The van der Waals surface area contributed by atoms with E-state index in [9.17, 15) is 18.0 Å². The number of hydrazine groups is 1. The van der Waals surface area contributed by atoms with Gasteiger partial charge >= 0.3 is 5.91 Å². The van der Waals surface area contributed by atoms with Gasteiger partial charge in [-0.15, -0.1) is 0 Å². The van der Waals surface area contributed by atoms with Crippen LogP contribution in [0.15, 0.2) is 63.9 Å². The quantitative estimate of drug-likeness (QED) is 0.584. The number of sulfone groups is 1. The third-order valence-electron chi connectivity index (χ3n) is 4.20. The molecule has 1 aromatic heterocycles. The molecule has 1 aliphatic carbocycles. The number of hydrogen-bond acceptors (Lipinski definition) is 5. The monoisotopic (exact) mass is 388 g/mol. The Morgan fingerprint density at radius 2 is 1.85 bits per heavy atom. The molecule has 2 amide bonds. The highest BCUT2D eigenvalue weighted by molar-refractivity contribution is 7.90. The van der Waals surface area contributed by atoms with Crippen LogP contribution in [0.1, 0.15) is 35.6 Å². The van der Waals surface area contributed by atoms with Crippen molar-refractivity contribution in [3.8, 4) is 0 Å². The van der Waals surface area contributed by atoms with Gasteiger partial charge in [-0.25, -0.2) is 8.42 Å². The molecule has 0 bridgehead atoms. The number of carbonyl (C=O) groups is 2. The van der Waals surface area contributed by atoms with Gasteiger partial charge in [-0.2, -0.15) is 0 Å². The number of benzene rings is 1. The second kappa shape index (κ2) is 8.22. The summed E-state index contributed by atoms with van der Waals surface area (Å²) >= 11 is 0. The topological polar surface area (TPSA) is 105 Å². The Morgan fingerprint density at radius 1 is 1.07 bits per heavy atom. The molecular formula is C19H20N2O5S. The molecule has 0 unspecified atom stereocenters. The van der Waals surface area contributed by atoms with Crippen LogP contribution in [0.25, 0.3) is 0 Å². The molecule has 0 fully saturated rings. The summed E-state index contributed by atoms with van der Waals surface area (Å²) in [6.07, 6.45) is 6.22. The van der Waals surface area contributed by atoms with Gasteiger partial charge in [-0.1, -0.05) is 30.4 Å². The highest BCUT2D eigenvalue weighted by Crippen LogP contribution is 2.20. The van der Waals surface area contributed by atoms with Gasteiger partial charge in [-0.3, -0.25) is 20.4 Å². The summed E-state index contributed by atoms with van der Waals surface area (Å²) < 4.78 is 30.0. The number of hydrogen-bond donors (Lipinski definition) is 2. The van der Waals surface area contributed by atoms with Crippen molar-refractivity contribution in [1.82, 2.24) is 10.9 Å². The highest BCUT2D eigenvalue weighted by atomic mass is 32.2. The molecule has 2 N–H and O–H groups in total. The first-order valence-corrected chi connectivity index (χ1v) is 10.2. The van der Waals surface area contributed by atoms with E-state index in [1.807, 2.05) is 12.2 Å². The number of allylic oxidation sites excluding steroid dienone is 2. The van der Waals surface area contributed by atoms with Crippen LogP contribution in [0, 0.1) is 5.92 Å². The summed E-state index contributed by atoms with van der Waals surface area (Å²) in [6, 6.07) is 10.8. The average molecular weight is 388 g/mol. The maximum Gasteiger partial charge on any atom is 0.305 e. The molecule has 7 nitrogen and oxygen atoms in total. The lowest BCUT2D eigenvalue weighted by Crippen LogP contribution is -2.42. The Bertz CT molecular complexity index is 947. The Kier molecular flexibility index (Phi) is 5.75. The zero-order valence-corrected chi connectivity index (χ0v) is 15.4. The van der Waals surface area contributed by atoms with Crippen molar-refractivity contribution in [3.63, 3.8) is 0 Å². The third-order valence-corrected chi connectivity index (χ3v) is 5.85. The Labute approximate surface area is 157 Å². The first-order chi connectivity index (χ1) is 12.9. The lowest BCUT2D eigenvalue weighted by atomic mass is 10.1. The fraction of sp³-hybridized carbons (Fsp3) is 0.263. The zero-order valence-electron chi connectivity index (χ0n) is 14.6. The van der Waals surface area contributed by atoms with Gasteiger partial charge in [0.25, 0.3) is 0 Å². The number of amides is 2. The van der Waals surface area contributed by atoms with Crippen molar-refractivity contribution in [2.45, 2.75) is 29.9 Å². The van der Waals surface area contributed by atoms with Crippen LogP contribution >= 0.6 is 0 Å². The van der Waals surface area contributed by atoms with Crippen molar-refractivity contribution in [2.24, 2.45) is 5.92 Å². The Morgan fingerprint density at radius 3 is 2.56 bits per heavy atom. The van der Waals surface area contributed by atoms with E-state index in [2.05, 4.69) is 10.9 Å². The summed E-state index contributed by atoms with van der Waals surface area (Å²) in [5.41, 5.74) is 4.62. The van der Waals surface area contributed by atoms with Crippen LogP contribution in [-0.2, 0) is 20.4 Å². The standard InChI is InChI=1S/C19H20N2O5S/c22-18(12-14-6-4-5-7-14)20-21-19(23)17-11-10-15(26-17)13-27(24,25)16-8-2-1-3-9-16/h1-4,6,8-11,14H,5,7,12-13H2,(H,20,22)(H,21,23)/t14-/m1/s1. The number of nitrogens with one attached hydrogen (secondary N) is 2. The molecule has 8 heteroatoms. The van der Waals surface area contributed by atoms with Gasteiger partial charge in [0, 0.05) is 6.42 Å². The molecule has 1 aliphatic rings. The first kappa shape index (κ1) is 18.9. The fourth-order valence-corrected chi connectivity index (χ4v) is 4.09. The van der Waals surface area contributed by atoms with E-state index < -0.39 is 15.7 Å². The zero-order chi connectivity index (χ0) is 19.3. The first-order valence-electron chi connectivity index (χ1n) is 8.56. The molecular weight excluding hydrogens is 368 g/mol. The van der Waals surface area contributed by atoms with Gasteiger partial charge in [0.15, 0.2) is 15.6 Å². The minimum Gasteiger partial charge on any atom is -0.455 e. The lowest BCUT2D eigenvalue weighted by Gasteiger charge is -2.09. The van der Waals surface area contributed by atoms with Crippen molar-refractivity contribution in [3.05, 3.63) is 66.1 Å². The molecule has 1 heterocycles. The molecule has 27 heavy (non-hydrogen) atoms. The number of carbonyl (C=O) groups excluding carboxylic acids is 2. The van der Waals surface area contributed by atoms with E-state index in [-0.39, 0.29) is 34.0 Å². The minimum atomic E-state index is -3.57. The van der Waals surface area contributed by atoms with Crippen molar-refractivity contribution < 1.29 is 22.4 Å². The Hall–Kier alpha value is -2.87. The van der Waals surface area contributed by atoms with Crippen molar-refractivity contribution in [2.75, 3.05) is 0 Å². The SMILES string of the molecule is O=C(C[C@@H]1C=CCC1)NNC(=O)c1ccc(CS(=O)(=O)c2ccccc2)o1. The van der Waals surface area contributed by atoms with Gasteiger partial charge in [0.1, 0.15) is 11.5 Å². The molecule has 0 saturated heterocycles. The molecule has 1 atom stereocenters. The lowest BCUT2D eigenvalue weighted by molar-refractivity contribution is -0.122. The fourth-order valence-electron chi connectivity index (χ4n) is 2.82. The van der Waals surface area contributed by atoms with E-state index >= 15 is 0 Å². The summed E-state index contributed by atoms with van der Waals surface area (Å²) in [4.78, 5) is 24.0. The van der Waals surface area contributed by atoms with Gasteiger partial charge in [0.2, 0.25) is 5.91 Å². The highest BCUT2D eigenvalue weighted by Gasteiger charge is 2.20. The normalized spacial score (nSPS) is 16.2. The average Bonchev–Trinajstić information content (AvgIpc) is 3.32. The predicted octanol–water partition coefficient (Wildman–Crippen LogP) is 2.37. The van der Waals surface area contributed by atoms with E-state index in [1.54, 1.807) is 18.2 Å². The largest absolute Gasteiger partial charge is 0.455 e. The molecule has 142 valence electrons. The van der Waals surface area contributed by atoms with Crippen LogP contribution in [0.5, 0.6) is 0 Å². The Balaban J connectivity index is 1.54. The van der Waals surface area contributed by atoms with Crippen LogP contribution in [0.4, 0.5) is 0 Å². The summed E-state index contributed by atoms with van der Waals surface area (Å²) in [5.74, 6) is -1.03. The van der Waals surface area contributed by atoms with E-state index in [1.165, 1.54) is 24.3 Å². The molecule has 3 rings (SSSR count). The molecule has 0 radical (unpaired) electrons. The summed E-state index contributed by atoms with van der Waals surface area (Å²) in [5, 5.41) is 0. The van der Waals surface area contributed by atoms with Gasteiger partial charge in [0.05, 0.1) is 4.90 Å². The number of rotatable bonds is 6. The second-order valence-corrected chi connectivity index (χ2v) is 8.30. The van der Waals surface area contributed by atoms with Crippen LogP contribution in [0.2, 0.25) is 0 Å². The van der Waals surface area contributed by atoms with Crippen LogP contribution < -0.4 is 10.9 Å². The van der Waals surface area contributed by atoms with Gasteiger partial charge < -0.3 is 4.42 Å². The summed E-state index contributed by atoms with van der Waals surface area (Å²) in [7, 11) is -3.57. The van der Waals surface area contributed by atoms with E-state index in [4.69, 9.17) is 4.42 Å². The summed E-state index contributed by atoms with van der Waals surface area (Å²) in [6.45, 7) is 0. The number of furan rings is 1. The van der Waals surface area contributed by atoms with Crippen LogP contribution in [0.3, 0.4) is 0 Å². The molecule has 0 aliphatic heterocycles. The maximum atomic E-state index is 12.3. The van der Waals surface area contributed by atoms with E-state index in [0.717, 1.165) is 12.8 Å². The molecule has 2 aromatic rings. The van der Waals surface area contributed by atoms with Gasteiger partial charge in [-0.05, 0) is 43.0 Å². The second-order valence-electron chi connectivity index (χ2n) is 6.31.